The Labute approximate surface area is 148 Å². The van der Waals surface area contributed by atoms with E-state index >= 15 is 0 Å². The molecule has 0 aliphatic carbocycles. The lowest BCUT2D eigenvalue weighted by Gasteiger charge is -2.18. The Morgan fingerprint density at radius 2 is 1.92 bits per heavy atom. The van der Waals surface area contributed by atoms with Gasteiger partial charge in [-0.2, -0.15) is 0 Å². The number of fused-ring (bicyclic) bond motifs is 1. The number of aryl methyl sites for hydroxylation is 1. The smallest absolute Gasteiger partial charge is 0.251 e. The van der Waals surface area contributed by atoms with Crippen LogP contribution in [-0.2, 0) is 16.4 Å². The average Bonchev–Trinajstić information content (AvgIpc) is 2.98. The van der Waals surface area contributed by atoms with E-state index in [1.165, 1.54) is 10.6 Å². The highest BCUT2D eigenvalue weighted by Gasteiger charge is 2.27. The summed E-state index contributed by atoms with van der Waals surface area (Å²) in [5, 5.41) is 3.02. The number of nitrogens with one attached hydrogen (secondary N) is 1. The minimum Gasteiger partial charge on any atom is -0.346 e. The molecule has 2 aromatic carbocycles. The Morgan fingerprint density at radius 1 is 1.20 bits per heavy atom. The van der Waals surface area contributed by atoms with Crippen molar-refractivity contribution in [2.45, 2.75) is 26.3 Å². The summed E-state index contributed by atoms with van der Waals surface area (Å²) in [6.07, 6.45) is 1.82. The molecule has 0 saturated carbocycles. The van der Waals surface area contributed by atoms with Crippen molar-refractivity contribution in [2.24, 2.45) is 0 Å². The van der Waals surface area contributed by atoms with E-state index in [4.69, 9.17) is 0 Å². The van der Waals surface area contributed by atoms with Gasteiger partial charge in [-0.1, -0.05) is 24.3 Å². The number of sulfonamides is 1. The Bertz CT molecular complexity index is 922. The molecule has 1 atom stereocenters. The van der Waals surface area contributed by atoms with Crippen LogP contribution in [0.25, 0.3) is 0 Å². The summed E-state index contributed by atoms with van der Waals surface area (Å²) in [6, 6.07) is 13.1. The number of anilines is 1. The molecule has 0 radical (unpaired) electrons. The van der Waals surface area contributed by atoms with E-state index in [0.717, 1.165) is 16.7 Å². The fourth-order valence-electron chi connectivity index (χ4n) is 3.29. The number of hydrogen-bond acceptors (Lipinski definition) is 3. The van der Waals surface area contributed by atoms with Crippen molar-refractivity contribution < 1.29 is 13.2 Å². The first-order valence-electron chi connectivity index (χ1n) is 8.24. The van der Waals surface area contributed by atoms with Crippen LogP contribution in [0.4, 0.5) is 5.69 Å². The van der Waals surface area contributed by atoms with Crippen molar-refractivity contribution in [3.05, 3.63) is 64.7 Å². The zero-order valence-corrected chi connectivity index (χ0v) is 15.4. The number of amides is 1. The van der Waals surface area contributed by atoms with E-state index < -0.39 is 10.0 Å². The third kappa shape index (κ3) is 3.54. The van der Waals surface area contributed by atoms with Gasteiger partial charge in [0.25, 0.3) is 5.91 Å². The van der Waals surface area contributed by atoms with Gasteiger partial charge < -0.3 is 5.32 Å². The van der Waals surface area contributed by atoms with Crippen LogP contribution in [0.1, 0.15) is 40.0 Å². The summed E-state index contributed by atoms with van der Waals surface area (Å²) in [7, 11) is -3.28. The molecule has 1 heterocycles. The highest BCUT2D eigenvalue weighted by molar-refractivity contribution is 7.92. The van der Waals surface area contributed by atoms with Crippen LogP contribution < -0.4 is 9.62 Å². The van der Waals surface area contributed by atoms with Gasteiger partial charge in [0, 0.05) is 12.1 Å². The van der Waals surface area contributed by atoms with Crippen LogP contribution in [0.2, 0.25) is 0 Å². The molecule has 132 valence electrons. The summed E-state index contributed by atoms with van der Waals surface area (Å²) in [5.74, 6) is -0.156. The van der Waals surface area contributed by atoms with Gasteiger partial charge >= 0.3 is 0 Å². The minimum absolute atomic E-state index is 0.102. The monoisotopic (exact) mass is 358 g/mol. The first-order valence-corrected chi connectivity index (χ1v) is 10.1. The van der Waals surface area contributed by atoms with E-state index in [1.807, 2.05) is 38.1 Å². The fourth-order valence-corrected chi connectivity index (χ4v) is 4.25. The zero-order valence-electron chi connectivity index (χ0n) is 14.6. The van der Waals surface area contributed by atoms with E-state index in [9.17, 15) is 13.2 Å². The second-order valence-electron chi connectivity index (χ2n) is 6.48. The van der Waals surface area contributed by atoms with Crippen LogP contribution in [0.15, 0.2) is 42.5 Å². The molecular weight excluding hydrogens is 336 g/mol. The van der Waals surface area contributed by atoms with Crippen molar-refractivity contribution in [1.29, 1.82) is 0 Å². The SMILES string of the molecule is Cc1ccccc1[C@@H](C)NC(=O)c1ccc2c(c1)CCN2S(C)(=O)=O. The predicted octanol–water partition coefficient (Wildman–Crippen LogP) is 2.81. The van der Waals surface area contributed by atoms with Gasteiger partial charge in [-0.15, -0.1) is 0 Å². The highest BCUT2D eigenvalue weighted by atomic mass is 32.2. The van der Waals surface area contributed by atoms with Gasteiger partial charge in [0.1, 0.15) is 0 Å². The maximum atomic E-state index is 12.6. The molecule has 0 fully saturated rings. The molecule has 1 amide bonds. The second-order valence-corrected chi connectivity index (χ2v) is 8.39. The standard InChI is InChI=1S/C19H22N2O3S/c1-13-6-4-5-7-17(13)14(2)20-19(22)16-8-9-18-15(12-16)10-11-21(18)25(3,23)24/h4-9,12,14H,10-11H2,1-3H3,(H,20,22)/t14-/m1/s1. The summed E-state index contributed by atoms with van der Waals surface area (Å²) in [6.45, 7) is 4.41. The van der Waals surface area contributed by atoms with Gasteiger partial charge in [-0.3, -0.25) is 9.10 Å². The van der Waals surface area contributed by atoms with Gasteiger partial charge in [0.05, 0.1) is 18.0 Å². The summed E-state index contributed by atoms with van der Waals surface area (Å²) in [4.78, 5) is 12.6. The number of benzene rings is 2. The van der Waals surface area contributed by atoms with E-state index in [2.05, 4.69) is 5.32 Å². The van der Waals surface area contributed by atoms with E-state index in [1.54, 1.807) is 18.2 Å². The Balaban J connectivity index is 1.79. The largest absolute Gasteiger partial charge is 0.346 e. The summed E-state index contributed by atoms with van der Waals surface area (Å²) < 4.78 is 25.0. The molecular formula is C19H22N2O3S. The lowest BCUT2D eigenvalue weighted by Crippen LogP contribution is -2.28. The summed E-state index contributed by atoms with van der Waals surface area (Å²) >= 11 is 0. The van der Waals surface area contributed by atoms with Crippen LogP contribution >= 0.6 is 0 Å². The molecule has 0 aromatic heterocycles. The van der Waals surface area contributed by atoms with Crippen LogP contribution in [0.3, 0.4) is 0 Å². The van der Waals surface area contributed by atoms with Crippen molar-refractivity contribution in [1.82, 2.24) is 5.32 Å². The zero-order chi connectivity index (χ0) is 18.2. The maximum absolute atomic E-state index is 12.6. The maximum Gasteiger partial charge on any atom is 0.251 e. The molecule has 0 bridgehead atoms. The number of carbonyl (C=O) groups excluding carboxylic acids is 1. The average molecular weight is 358 g/mol. The molecule has 5 nitrogen and oxygen atoms in total. The molecule has 1 N–H and O–H groups in total. The first kappa shape index (κ1) is 17.5. The van der Waals surface area contributed by atoms with Crippen LogP contribution in [0.5, 0.6) is 0 Å². The molecule has 1 aliphatic heterocycles. The fraction of sp³-hybridized carbons (Fsp3) is 0.316. The van der Waals surface area contributed by atoms with Crippen LogP contribution in [-0.4, -0.2) is 27.1 Å². The molecule has 6 heteroatoms. The normalized spacial score (nSPS) is 14.9. The Kier molecular flexibility index (Phi) is 4.56. The van der Waals surface area contributed by atoms with Gasteiger partial charge in [-0.05, 0) is 55.2 Å². The number of nitrogens with zero attached hydrogens (tertiary/aromatic N) is 1. The van der Waals surface area contributed by atoms with Crippen molar-refractivity contribution in [2.75, 3.05) is 17.1 Å². The lowest BCUT2D eigenvalue weighted by atomic mass is 10.0. The molecule has 0 unspecified atom stereocenters. The molecule has 0 spiro atoms. The van der Waals surface area contributed by atoms with Crippen molar-refractivity contribution >= 4 is 21.6 Å². The molecule has 2 aromatic rings. The second kappa shape index (κ2) is 6.52. The van der Waals surface area contributed by atoms with Crippen molar-refractivity contribution in [3.8, 4) is 0 Å². The Morgan fingerprint density at radius 3 is 2.60 bits per heavy atom. The predicted molar refractivity (Wildman–Crippen MR) is 99.4 cm³/mol. The number of carbonyl (C=O) groups is 1. The quantitative estimate of drug-likeness (QED) is 0.914. The van der Waals surface area contributed by atoms with Gasteiger partial charge in [-0.25, -0.2) is 8.42 Å². The number of hydrogen-bond donors (Lipinski definition) is 1. The summed E-state index contributed by atoms with van der Waals surface area (Å²) in [5.41, 5.74) is 4.33. The third-order valence-corrected chi connectivity index (χ3v) is 5.78. The molecule has 1 aliphatic rings. The van der Waals surface area contributed by atoms with Gasteiger partial charge in [0.15, 0.2) is 0 Å². The van der Waals surface area contributed by atoms with Gasteiger partial charge in [0.2, 0.25) is 10.0 Å². The van der Waals surface area contributed by atoms with Crippen LogP contribution in [0, 0.1) is 6.92 Å². The Hall–Kier alpha value is -2.34. The minimum atomic E-state index is -3.28. The van der Waals surface area contributed by atoms with Crippen molar-refractivity contribution in [3.63, 3.8) is 0 Å². The number of rotatable bonds is 4. The first-order chi connectivity index (χ1) is 11.8. The lowest BCUT2D eigenvalue weighted by molar-refractivity contribution is 0.0939. The molecule has 25 heavy (non-hydrogen) atoms. The highest BCUT2D eigenvalue weighted by Crippen LogP contribution is 2.30. The van der Waals surface area contributed by atoms with E-state index in [-0.39, 0.29) is 11.9 Å². The van der Waals surface area contributed by atoms with E-state index in [0.29, 0.717) is 24.2 Å². The third-order valence-electron chi connectivity index (χ3n) is 4.60. The molecule has 0 saturated heterocycles. The topological polar surface area (TPSA) is 66.5 Å². The molecule has 3 rings (SSSR count).